The van der Waals surface area contributed by atoms with E-state index in [1.54, 1.807) is 0 Å². The Hall–Kier alpha value is -0.120. The Bertz CT molecular complexity index is 233. The minimum atomic E-state index is 0.454. The Morgan fingerprint density at radius 1 is 1.22 bits per heavy atom. The average molecular weight is 254 g/mol. The number of hydrogen-bond acceptors (Lipinski definition) is 3. The predicted octanol–water partition coefficient (Wildman–Crippen LogP) is 2.39. The van der Waals surface area contributed by atoms with Crippen molar-refractivity contribution in [3.8, 4) is 0 Å². The molecule has 1 saturated carbocycles. The molecule has 2 fully saturated rings. The van der Waals surface area contributed by atoms with Gasteiger partial charge in [0.15, 0.2) is 0 Å². The molecule has 0 aromatic rings. The van der Waals surface area contributed by atoms with E-state index < -0.39 is 0 Å². The minimum absolute atomic E-state index is 0.454. The first-order valence-corrected chi connectivity index (χ1v) is 7.81. The van der Waals surface area contributed by atoms with Crippen LogP contribution in [0.4, 0.5) is 0 Å². The summed E-state index contributed by atoms with van der Waals surface area (Å²) in [6.07, 6.45) is 7.49. The summed E-state index contributed by atoms with van der Waals surface area (Å²) in [6.45, 7) is 7.86. The summed E-state index contributed by atoms with van der Waals surface area (Å²) >= 11 is 0. The third-order valence-corrected chi connectivity index (χ3v) is 4.86. The number of ether oxygens (including phenoxy) is 1. The fourth-order valence-corrected chi connectivity index (χ4v) is 3.61. The molecule has 0 bridgehead atoms. The number of rotatable bonds is 5. The predicted molar refractivity (Wildman–Crippen MR) is 75.6 cm³/mol. The van der Waals surface area contributed by atoms with E-state index in [4.69, 9.17) is 10.5 Å². The summed E-state index contributed by atoms with van der Waals surface area (Å²) in [4.78, 5) is 2.76. The van der Waals surface area contributed by atoms with Crippen LogP contribution in [0.5, 0.6) is 0 Å². The molecule has 1 heterocycles. The Morgan fingerprint density at radius 3 is 2.50 bits per heavy atom. The molecule has 2 unspecified atom stereocenters. The normalized spacial score (nSPS) is 35.0. The van der Waals surface area contributed by atoms with Gasteiger partial charge in [-0.2, -0.15) is 0 Å². The monoisotopic (exact) mass is 254 g/mol. The lowest BCUT2D eigenvalue weighted by atomic mass is 9.88. The molecule has 2 rings (SSSR count). The molecule has 1 saturated heterocycles. The van der Waals surface area contributed by atoms with Crippen molar-refractivity contribution in [3.63, 3.8) is 0 Å². The van der Waals surface area contributed by atoms with Gasteiger partial charge < -0.3 is 10.5 Å². The molecule has 1 aliphatic carbocycles. The first kappa shape index (κ1) is 14.3. The Labute approximate surface area is 112 Å². The van der Waals surface area contributed by atoms with Crippen LogP contribution in [0.3, 0.4) is 0 Å². The molecule has 106 valence electrons. The molecule has 0 amide bonds. The van der Waals surface area contributed by atoms with Gasteiger partial charge in [-0.05, 0) is 57.9 Å². The van der Waals surface area contributed by atoms with E-state index in [2.05, 4.69) is 18.7 Å². The molecule has 2 N–H and O–H groups in total. The number of nitrogens with zero attached hydrogens (tertiary/aromatic N) is 1. The topological polar surface area (TPSA) is 38.5 Å². The highest BCUT2D eigenvalue weighted by molar-refractivity contribution is 4.87. The standard InChI is InChI=1S/C15H30N2O/c1-3-9-17(12(2)13-8-10-18-11-13)15-6-4-14(16)5-7-15/h12-15H,3-11,16H2,1-2H3. The van der Waals surface area contributed by atoms with Crippen LogP contribution in [-0.2, 0) is 4.74 Å². The molecular formula is C15H30N2O. The zero-order chi connectivity index (χ0) is 13.0. The average Bonchev–Trinajstić information content (AvgIpc) is 2.90. The van der Waals surface area contributed by atoms with Crippen LogP contribution in [0.15, 0.2) is 0 Å². The maximum Gasteiger partial charge on any atom is 0.0509 e. The van der Waals surface area contributed by atoms with Gasteiger partial charge in [0.25, 0.3) is 0 Å². The van der Waals surface area contributed by atoms with Gasteiger partial charge in [0.1, 0.15) is 0 Å². The fourth-order valence-electron chi connectivity index (χ4n) is 3.61. The third-order valence-electron chi connectivity index (χ3n) is 4.86. The van der Waals surface area contributed by atoms with Crippen molar-refractivity contribution in [2.24, 2.45) is 11.7 Å². The lowest BCUT2D eigenvalue weighted by Gasteiger charge is -2.41. The van der Waals surface area contributed by atoms with E-state index in [1.165, 1.54) is 45.1 Å². The lowest BCUT2D eigenvalue weighted by Crippen LogP contribution is -2.48. The molecular weight excluding hydrogens is 224 g/mol. The fraction of sp³-hybridized carbons (Fsp3) is 1.00. The molecule has 18 heavy (non-hydrogen) atoms. The maximum absolute atomic E-state index is 6.03. The van der Waals surface area contributed by atoms with Crippen LogP contribution in [0.25, 0.3) is 0 Å². The molecule has 3 nitrogen and oxygen atoms in total. The highest BCUT2D eigenvalue weighted by atomic mass is 16.5. The van der Waals surface area contributed by atoms with Crippen LogP contribution < -0.4 is 5.73 Å². The van der Waals surface area contributed by atoms with E-state index in [-0.39, 0.29) is 0 Å². The molecule has 0 aromatic heterocycles. The van der Waals surface area contributed by atoms with E-state index in [1.807, 2.05) is 0 Å². The van der Waals surface area contributed by atoms with Gasteiger partial charge in [0.2, 0.25) is 0 Å². The Kier molecular flexibility index (Phi) is 5.46. The molecule has 1 aliphatic heterocycles. The first-order chi connectivity index (χ1) is 8.72. The molecule has 2 atom stereocenters. The smallest absolute Gasteiger partial charge is 0.0509 e. The summed E-state index contributed by atoms with van der Waals surface area (Å²) in [6, 6.07) is 1.89. The third kappa shape index (κ3) is 3.46. The zero-order valence-corrected chi connectivity index (χ0v) is 12.1. The van der Waals surface area contributed by atoms with Gasteiger partial charge in [-0.1, -0.05) is 6.92 Å². The first-order valence-electron chi connectivity index (χ1n) is 7.81. The summed E-state index contributed by atoms with van der Waals surface area (Å²) in [5.74, 6) is 0.743. The molecule has 0 aromatic carbocycles. The summed E-state index contributed by atoms with van der Waals surface area (Å²) in [5, 5.41) is 0. The molecule has 3 heteroatoms. The van der Waals surface area contributed by atoms with Gasteiger partial charge in [0.05, 0.1) is 6.61 Å². The second-order valence-electron chi connectivity index (χ2n) is 6.17. The molecule has 0 radical (unpaired) electrons. The number of nitrogens with two attached hydrogens (primary N) is 1. The zero-order valence-electron chi connectivity index (χ0n) is 12.1. The van der Waals surface area contributed by atoms with Crippen LogP contribution in [-0.4, -0.2) is 42.8 Å². The van der Waals surface area contributed by atoms with Crippen LogP contribution in [0.1, 0.15) is 52.4 Å². The Morgan fingerprint density at radius 2 is 1.94 bits per heavy atom. The van der Waals surface area contributed by atoms with Gasteiger partial charge in [-0.15, -0.1) is 0 Å². The van der Waals surface area contributed by atoms with E-state index >= 15 is 0 Å². The number of hydrogen-bond donors (Lipinski definition) is 1. The summed E-state index contributed by atoms with van der Waals surface area (Å²) < 4.78 is 5.56. The van der Waals surface area contributed by atoms with Crippen molar-refractivity contribution in [1.29, 1.82) is 0 Å². The quantitative estimate of drug-likeness (QED) is 0.819. The largest absolute Gasteiger partial charge is 0.381 e. The summed E-state index contributed by atoms with van der Waals surface area (Å²) in [7, 11) is 0. The minimum Gasteiger partial charge on any atom is -0.381 e. The highest BCUT2D eigenvalue weighted by Crippen LogP contribution is 2.28. The molecule has 2 aliphatic rings. The van der Waals surface area contributed by atoms with Crippen LogP contribution in [0.2, 0.25) is 0 Å². The molecule has 0 spiro atoms. The van der Waals surface area contributed by atoms with Crippen LogP contribution in [0, 0.1) is 5.92 Å². The second-order valence-corrected chi connectivity index (χ2v) is 6.17. The van der Waals surface area contributed by atoms with Crippen molar-refractivity contribution in [3.05, 3.63) is 0 Å². The van der Waals surface area contributed by atoms with Crippen molar-refractivity contribution in [2.45, 2.75) is 70.5 Å². The summed E-state index contributed by atoms with van der Waals surface area (Å²) in [5.41, 5.74) is 6.03. The van der Waals surface area contributed by atoms with Crippen LogP contribution >= 0.6 is 0 Å². The van der Waals surface area contributed by atoms with Crippen molar-refractivity contribution in [1.82, 2.24) is 4.90 Å². The van der Waals surface area contributed by atoms with Gasteiger partial charge in [-0.3, -0.25) is 4.90 Å². The SMILES string of the molecule is CCCN(C1CCC(N)CC1)C(C)C1CCOC1. The Balaban J connectivity index is 1.93. The lowest BCUT2D eigenvalue weighted by molar-refractivity contribution is 0.0687. The van der Waals surface area contributed by atoms with Crippen molar-refractivity contribution in [2.75, 3.05) is 19.8 Å². The van der Waals surface area contributed by atoms with Crippen molar-refractivity contribution >= 4 is 0 Å². The van der Waals surface area contributed by atoms with E-state index in [0.717, 1.165) is 25.2 Å². The highest BCUT2D eigenvalue weighted by Gasteiger charge is 2.32. The maximum atomic E-state index is 6.03. The van der Waals surface area contributed by atoms with Crippen molar-refractivity contribution < 1.29 is 4.74 Å². The van der Waals surface area contributed by atoms with E-state index in [9.17, 15) is 0 Å². The second kappa shape index (κ2) is 6.88. The van der Waals surface area contributed by atoms with Gasteiger partial charge >= 0.3 is 0 Å². The van der Waals surface area contributed by atoms with Gasteiger partial charge in [-0.25, -0.2) is 0 Å². The van der Waals surface area contributed by atoms with Gasteiger partial charge in [0, 0.05) is 24.7 Å². The van der Waals surface area contributed by atoms with E-state index in [0.29, 0.717) is 12.1 Å².